The van der Waals surface area contributed by atoms with Crippen LogP contribution in [0.4, 0.5) is 5.69 Å². The second kappa shape index (κ2) is 7.80. The predicted octanol–water partition coefficient (Wildman–Crippen LogP) is 1.81. The van der Waals surface area contributed by atoms with Gasteiger partial charge in [0.1, 0.15) is 6.04 Å². The van der Waals surface area contributed by atoms with Crippen LogP contribution in [0, 0.1) is 0 Å². The van der Waals surface area contributed by atoms with Gasteiger partial charge in [-0.15, -0.1) is 11.3 Å². The highest BCUT2D eigenvalue weighted by molar-refractivity contribution is 7.10. The van der Waals surface area contributed by atoms with Gasteiger partial charge in [0, 0.05) is 38.2 Å². The maximum absolute atomic E-state index is 12.4. The number of hydrogen-bond acceptors (Lipinski definition) is 3. The number of anilines is 1. The molecule has 1 aromatic heterocycles. The molecule has 5 nitrogen and oxygen atoms in total. The smallest absolute Gasteiger partial charge is 0.279 e. The summed E-state index contributed by atoms with van der Waals surface area (Å²) in [7, 11) is 3.45. The molecule has 0 saturated carbocycles. The molecule has 1 unspecified atom stereocenters. The predicted molar refractivity (Wildman–Crippen MR) is 100 cm³/mol. The Morgan fingerprint density at radius 3 is 2.64 bits per heavy atom. The molecule has 1 aliphatic heterocycles. The van der Waals surface area contributed by atoms with Crippen LogP contribution in [-0.4, -0.2) is 43.9 Å². The van der Waals surface area contributed by atoms with E-state index in [-0.39, 0.29) is 11.8 Å². The fraction of sp³-hybridized carbons (Fsp3) is 0.368. The molecule has 132 valence electrons. The van der Waals surface area contributed by atoms with Crippen molar-refractivity contribution in [3.63, 3.8) is 0 Å². The number of rotatable bonds is 5. The highest BCUT2D eigenvalue weighted by Crippen LogP contribution is 2.23. The van der Waals surface area contributed by atoms with Gasteiger partial charge in [0.2, 0.25) is 0 Å². The topological polar surface area (TPSA) is 53.9 Å². The summed E-state index contributed by atoms with van der Waals surface area (Å²) in [4.78, 5) is 28.5. The van der Waals surface area contributed by atoms with E-state index in [2.05, 4.69) is 22.8 Å². The Morgan fingerprint density at radius 1 is 1.24 bits per heavy atom. The van der Waals surface area contributed by atoms with E-state index in [4.69, 9.17) is 0 Å². The minimum absolute atomic E-state index is 0.0187. The number of likely N-dealkylation sites (tertiary alicyclic amines) is 1. The average Bonchev–Trinajstić information content (AvgIpc) is 3.25. The molecule has 0 bridgehead atoms. The van der Waals surface area contributed by atoms with Crippen LogP contribution in [0.5, 0.6) is 0 Å². The van der Waals surface area contributed by atoms with Crippen molar-refractivity contribution >= 4 is 28.8 Å². The van der Waals surface area contributed by atoms with E-state index in [1.165, 1.54) is 14.7 Å². The van der Waals surface area contributed by atoms with Crippen LogP contribution in [0.2, 0.25) is 0 Å². The number of nitrogens with zero attached hydrogens (tertiary/aromatic N) is 1. The van der Waals surface area contributed by atoms with Gasteiger partial charge in [-0.3, -0.25) is 9.59 Å². The number of quaternary nitrogens is 1. The first-order chi connectivity index (χ1) is 12.0. The summed E-state index contributed by atoms with van der Waals surface area (Å²) in [6, 6.07) is 11.7. The second-order valence-corrected chi connectivity index (χ2v) is 7.60. The number of carbonyl (C=O) groups excluding carboxylic acids is 2. The summed E-state index contributed by atoms with van der Waals surface area (Å²) in [5.41, 5.74) is 1.34. The summed E-state index contributed by atoms with van der Waals surface area (Å²) < 4.78 is 0. The lowest BCUT2D eigenvalue weighted by atomic mass is 10.2. The summed E-state index contributed by atoms with van der Waals surface area (Å²) in [6.45, 7) is 1.51. The summed E-state index contributed by atoms with van der Waals surface area (Å²) in [6.07, 6.45) is 2.30. The van der Waals surface area contributed by atoms with Crippen molar-refractivity contribution in [2.45, 2.75) is 18.9 Å². The molecule has 25 heavy (non-hydrogen) atoms. The van der Waals surface area contributed by atoms with Gasteiger partial charge in [0.25, 0.3) is 11.8 Å². The van der Waals surface area contributed by atoms with Crippen LogP contribution in [-0.2, 0) is 4.79 Å². The third kappa shape index (κ3) is 4.27. The van der Waals surface area contributed by atoms with Crippen molar-refractivity contribution in [2.75, 3.05) is 32.5 Å². The van der Waals surface area contributed by atoms with Crippen molar-refractivity contribution in [1.29, 1.82) is 0 Å². The van der Waals surface area contributed by atoms with Crippen molar-refractivity contribution in [2.24, 2.45) is 0 Å². The Morgan fingerprint density at radius 2 is 2.00 bits per heavy atom. The zero-order chi connectivity index (χ0) is 17.8. The van der Waals surface area contributed by atoms with E-state index in [1.807, 2.05) is 0 Å². The maximum Gasteiger partial charge on any atom is 0.279 e. The lowest BCUT2D eigenvalue weighted by Crippen LogP contribution is -3.11. The summed E-state index contributed by atoms with van der Waals surface area (Å²) in [5.74, 6) is -0.0247. The summed E-state index contributed by atoms with van der Waals surface area (Å²) in [5, 5.41) is 5.05. The van der Waals surface area contributed by atoms with Crippen molar-refractivity contribution < 1.29 is 14.5 Å². The zero-order valence-electron chi connectivity index (χ0n) is 14.6. The molecule has 1 aromatic carbocycles. The van der Waals surface area contributed by atoms with E-state index >= 15 is 0 Å². The minimum Gasteiger partial charge on any atom is -0.345 e. The highest BCUT2D eigenvalue weighted by Gasteiger charge is 2.32. The molecule has 0 aliphatic carbocycles. The maximum atomic E-state index is 12.4. The normalized spacial score (nSPS) is 19.6. The number of carbonyl (C=O) groups is 2. The monoisotopic (exact) mass is 358 g/mol. The van der Waals surface area contributed by atoms with Crippen molar-refractivity contribution in [3.05, 3.63) is 52.2 Å². The number of hydrogen-bond donors (Lipinski definition) is 2. The molecule has 0 spiro atoms. The van der Waals surface area contributed by atoms with Gasteiger partial charge in [0.05, 0.1) is 11.4 Å². The van der Waals surface area contributed by atoms with Gasteiger partial charge in [-0.2, -0.15) is 0 Å². The Hall–Kier alpha value is -2.18. The average molecular weight is 358 g/mol. The van der Waals surface area contributed by atoms with Crippen molar-refractivity contribution in [3.8, 4) is 0 Å². The van der Waals surface area contributed by atoms with Gasteiger partial charge in [-0.05, 0) is 35.7 Å². The molecule has 2 aromatic rings. The van der Waals surface area contributed by atoms with Gasteiger partial charge in [-0.25, -0.2) is 0 Å². The van der Waals surface area contributed by atoms with E-state index in [0.29, 0.717) is 18.2 Å². The molecule has 2 N–H and O–H groups in total. The fourth-order valence-corrected chi connectivity index (χ4v) is 4.24. The molecule has 1 fully saturated rings. The molecule has 0 radical (unpaired) electrons. The van der Waals surface area contributed by atoms with Gasteiger partial charge < -0.3 is 15.1 Å². The third-order valence-corrected chi connectivity index (χ3v) is 5.57. The zero-order valence-corrected chi connectivity index (χ0v) is 15.4. The fourth-order valence-electron chi connectivity index (χ4n) is 3.32. The van der Waals surface area contributed by atoms with E-state index < -0.39 is 0 Å². The minimum atomic E-state index is -0.0434. The second-order valence-electron chi connectivity index (χ2n) is 6.62. The molecular weight excluding hydrogens is 334 g/mol. The van der Waals surface area contributed by atoms with Crippen LogP contribution in [0.3, 0.4) is 0 Å². The Bertz CT molecular complexity index is 726. The van der Waals surface area contributed by atoms with E-state index in [0.717, 1.165) is 25.1 Å². The Balaban J connectivity index is 1.58. The van der Waals surface area contributed by atoms with Crippen LogP contribution in [0.25, 0.3) is 0 Å². The molecular formula is C19H24N3O2S+. The Labute approximate surface area is 152 Å². The van der Waals surface area contributed by atoms with Gasteiger partial charge >= 0.3 is 0 Å². The van der Waals surface area contributed by atoms with Crippen LogP contribution < -0.4 is 10.2 Å². The highest BCUT2D eigenvalue weighted by atomic mass is 32.1. The largest absolute Gasteiger partial charge is 0.345 e. The number of nitrogens with one attached hydrogen (secondary N) is 2. The van der Waals surface area contributed by atoms with E-state index in [9.17, 15) is 9.59 Å². The van der Waals surface area contributed by atoms with Crippen LogP contribution in [0.15, 0.2) is 41.8 Å². The quantitative estimate of drug-likeness (QED) is 0.856. The molecule has 6 heteroatoms. The molecule has 1 saturated heterocycles. The van der Waals surface area contributed by atoms with Gasteiger partial charge in [0.15, 0.2) is 6.54 Å². The van der Waals surface area contributed by atoms with E-state index in [1.54, 1.807) is 49.7 Å². The standard InChI is InChI=1S/C19H23N3O2S/c1-21(2)19(24)14-7-9-15(10-8-14)20-18(23)13-22-11-3-5-16(22)17-6-4-12-25-17/h4,6-10,12,16H,3,5,11,13H2,1-2H3,(H,20,23)/p+1/t16-/m1/s1. The lowest BCUT2D eigenvalue weighted by molar-refractivity contribution is -0.910. The Kier molecular flexibility index (Phi) is 5.50. The molecule has 3 rings (SSSR count). The van der Waals surface area contributed by atoms with Crippen LogP contribution in [0.1, 0.15) is 34.1 Å². The van der Waals surface area contributed by atoms with Crippen LogP contribution >= 0.6 is 11.3 Å². The summed E-state index contributed by atoms with van der Waals surface area (Å²) >= 11 is 1.77. The molecule has 2 amide bonds. The number of amides is 2. The lowest BCUT2D eigenvalue weighted by Gasteiger charge is -2.20. The first-order valence-corrected chi connectivity index (χ1v) is 9.42. The van der Waals surface area contributed by atoms with Gasteiger partial charge in [-0.1, -0.05) is 6.07 Å². The molecule has 2 heterocycles. The number of benzene rings is 1. The first kappa shape index (κ1) is 17.6. The number of thiophene rings is 1. The van der Waals surface area contributed by atoms with Crippen molar-refractivity contribution in [1.82, 2.24) is 4.90 Å². The SMILES string of the molecule is CN(C)C(=O)c1ccc(NC(=O)C[NH+]2CCC[C@@H]2c2cccs2)cc1. The first-order valence-electron chi connectivity index (χ1n) is 8.54. The molecule has 1 aliphatic rings. The molecule has 2 atom stereocenters. The third-order valence-electron chi connectivity index (χ3n) is 4.58.